The number of aromatic hydroxyl groups is 1. The number of rotatable bonds is 10. The first-order valence-electron chi connectivity index (χ1n) is 15.3. The Morgan fingerprint density at radius 2 is 1.80 bits per heavy atom. The summed E-state index contributed by atoms with van der Waals surface area (Å²) < 4.78 is 1.72. The number of carbonyl (C=O) groups excluding carboxylic acids is 3. The Morgan fingerprint density at radius 3 is 2.54 bits per heavy atom. The highest BCUT2D eigenvalue weighted by molar-refractivity contribution is 6.03. The highest BCUT2D eigenvalue weighted by atomic mass is 16.3. The molecule has 0 bridgehead atoms. The van der Waals surface area contributed by atoms with E-state index < -0.39 is 6.17 Å². The van der Waals surface area contributed by atoms with E-state index in [0.717, 1.165) is 22.0 Å². The molecule has 2 saturated heterocycles. The van der Waals surface area contributed by atoms with Crippen LogP contribution < -0.4 is 0 Å². The Morgan fingerprint density at radius 1 is 1.02 bits per heavy atom. The summed E-state index contributed by atoms with van der Waals surface area (Å²) in [5.41, 5.74) is 3.41. The summed E-state index contributed by atoms with van der Waals surface area (Å²) in [5, 5.41) is 28.1. The zero-order chi connectivity index (χ0) is 32.2. The van der Waals surface area contributed by atoms with Gasteiger partial charge >= 0.3 is 0 Å². The first-order chi connectivity index (χ1) is 22.4. The predicted octanol–water partition coefficient (Wildman–Crippen LogP) is 3.15. The average molecular weight is 621 g/mol. The number of amides is 3. The summed E-state index contributed by atoms with van der Waals surface area (Å²) in [6.45, 7) is 4.50. The summed E-state index contributed by atoms with van der Waals surface area (Å²) >= 11 is 0. The number of fused-ring (bicyclic) bond motifs is 2. The number of carbonyl (C=O) groups is 3. The number of aliphatic hydroxyl groups excluding tert-OH is 1. The Labute approximate surface area is 266 Å². The van der Waals surface area contributed by atoms with Gasteiger partial charge in [0.25, 0.3) is 5.91 Å². The number of aliphatic hydroxyl groups is 1. The number of phenols is 1. The summed E-state index contributed by atoms with van der Waals surface area (Å²) in [5.74, 6) is -0.764. The van der Waals surface area contributed by atoms with Crippen molar-refractivity contribution in [2.24, 2.45) is 0 Å². The minimum atomic E-state index is -0.799. The van der Waals surface area contributed by atoms with Crippen molar-refractivity contribution in [1.82, 2.24) is 29.6 Å². The summed E-state index contributed by atoms with van der Waals surface area (Å²) in [6.07, 6.45) is 4.94. The number of nitrogens with zero attached hydrogens (tertiary/aromatic N) is 6. The lowest BCUT2D eigenvalue weighted by molar-refractivity contribution is -0.192. The number of hydrogen-bond acceptors (Lipinski definition) is 7. The van der Waals surface area contributed by atoms with Gasteiger partial charge in [0.1, 0.15) is 17.6 Å². The zero-order valence-corrected chi connectivity index (χ0v) is 25.4. The van der Waals surface area contributed by atoms with Gasteiger partial charge in [-0.05, 0) is 41.3 Å². The van der Waals surface area contributed by atoms with Crippen LogP contribution in [0, 0.1) is 0 Å². The van der Waals surface area contributed by atoms with Crippen molar-refractivity contribution in [1.29, 1.82) is 0 Å². The molecule has 11 nitrogen and oxygen atoms in total. The first-order valence-corrected chi connectivity index (χ1v) is 15.3. The molecule has 0 radical (unpaired) electrons. The monoisotopic (exact) mass is 620 g/mol. The molecule has 1 aromatic heterocycles. The van der Waals surface area contributed by atoms with Crippen LogP contribution in [0.25, 0.3) is 17.0 Å². The third kappa shape index (κ3) is 6.15. The molecule has 4 aromatic rings. The molecule has 2 N–H and O–H groups in total. The zero-order valence-electron chi connectivity index (χ0n) is 25.4. The third-order valence-electron chi connectivity index (χ3n) is 8.30. The highest BCUT2D eigenvalue weighted by Gasteiger charge is 2.48. The van der Waals surface area contributed by atoms with Crippen LogP contribution in [0.2, 0.25) is 0 Å². The number of hydrazine groups is 1. The summed E-state index contributed by atoms with van der Waals surface area (Å²) in [7, 11) is 0. The van der Waals surface area contributed by atoms with Gasteiger partial charge in [-0.25, -0.2) is 10.0 Å². The van der Waals surface area contributed by atoms with E-state index in [0.29, 0.717) is 18.5 Å². The molecule has 2 aliphatic rings. The number of benzene rings is 3. The topological polar surface area (TPSA) is 122 Å². The van der Waals surface area contributed by atoms with E-state index in [4.69, 9.17) is 0 Å². The highest BCUT2D eigenvalue weighted by Crippen LogP contribution is 2.32. The Bertz CT molecular complexity index is 1780. The molecular weight excluding hydrogens is 584 g/mol. The molecule has 3 amide bonds. The normalized spacial score (nSPS) is 18.0. The third-order valence-corrected chi connectivity index (χ3v) is 8.30. The van der Waals surface area contributed by atoms with Crippen LogP contribution in [0.15, 0.2) is 97.3 Å². The fourth-order valence-corrected chi connectivity index (χ4v) is 6.22. The van der Waals surface area contributed by atoms with E-state index in [2.05, 4.69) is 11.7 Å². The van der Waals surface area contributed by atoms with Crippen LogP contribution in [0.3, 0.4) is 0 Å². The minimum absolute atomic E-state index is 0.0761. The first kappa shape index (κ1) is 30.8. The fourth-order valence-electron chi connectivity index (χ4n) is 6.22. The number of aromatic nitrogens is 2. The van der Waals surface area contributed by atoms with Crippen LogP contribution in [-0.4, -0.2) is 89.9 Å². The standard InChI is InChI=1S/C35H36N6O5/c1-2-17-38-24-33(45)40-30(20-26-11-14-29(43)15-12-26)35(46)37(22-28-10-6-9-27-21-36-39(18-19-42)34(27)28)23-31(40)41(38)32(44)16-13-25-7-4-3-5-8-25/h2-12,14-15,20-21,31,42-43H,1,13,16-19,22-24H2/b30-20+/t31-/m0/s1. The van der Waals surface area contributed by atoms with Crippen LogP contribution in [0.5, 0.6) is 5.75 Å². The number of phenolic OH excluding ortho intramolecular Hbond substituents is 1. The number of hydrogen-bond donors (Lipinski definition) is 2. The molecule has 3 heterocycles. The molecule has 0 unspecified atom stereocenters. The average Bonchev–Trinajstić information content (AvgIpc) is 3.47. The van der Waals surface area contributed by atoms with Crippen molar-refractivity contribution in [3.63, 3.8) is 0 Å². The lowest BCUT2D eigenvalue weighted by atomic mass is 10.0. The van der Waals surface area contributed by atoms with E-state index >= 15 is 0 Å². The SMILES string of the molecule is C=CCN1CC(=O)N2/C(=C/c3ccc(O)cc3)C(=O)N(Cc3cccc4cnn(CCO)c34)C[C@@H]2N1C(=O)CCc1ccccc1. The lowest BCUT2D eigenvalue weighted by Gasteiger charge is -2.53. The molecule has 46 heavy (non-hydrogen) atoms. The molecule has 0 aliphatic carbocycles. The maximum absolute atomic E-state index is 14.3. The van der Waals surface area contributed by atoms with Crippen LogP contribution in [0.4, 0.5) is 0 Å². The number of para-hydroxylation sites is 1. The Balaban J connectivity index is 1.41. The second-order valence-corrected chi connectivity index (χ2v) is 11.4. The molecule has 0 saturated carbocycles. The number of aryl methyl sites for hydroxylation is 1. The van der Waals surface area contributed by atoms with Crippen molar-refractivity contribution in [3.8, 4) is 5.75 Å². The van der Waals surface area contributed by atoms with Gasteiger partial charge in [0.2, 0.25) is 11.8 Å². The fraction of sp³-hybridized carbons (Fsp3) is 0.257. The second-order valence-electron chi connectivity index (χ2n) is 11.4. The summed E-state index contributed by atoms with van der Waals surface area (Å²) in [4.78, 5) is 45.3. The van der Waals surface area contributed by atoms with E-state index in [-0.39, 0.29) is 68.4 Å². The molecule has 2 fully saturated rings. The molecule has 1 atom stereocenters. The lowest BCUT2D eigenvalue weighted by Crippen LogP contribution is -2.72. The van der Waals surface area contributed by atoms with Crippen LogP contribution in [0.1, 0.15) is 23.1 Å². The molecule has 2 aliphatic heterocycles. The van der Waals surface area contributed by atoms with Crippen LogP contribution >= 0.6 is 0 Å². The molecule has 6 rings (SSSR count). The van der Waals surface area contributed by atoms with E-state index in [1.165, 1.54) is 17.0 Å². The van der Waals surface area contributed by atoms with Gasteiger partial charge in [0.15, 0.2) is 0 Å². The van der Waals surface area contributed by atoms with Crippen molar-refractivity contribution < 1.29 is 24.6 Å². The maximum atomic E-state index is 14.3. The van der Waals surface area contributed by atoms with Gasteiger partial charge in [-0.1, -0.05) is 66.7 Å². The minimum Gasteiger partial charge on any atom is -0.508 e. The summed E-state index contributed by atoms with van der Waals surface area (Å²) in [6, 6.07) is 21.8. The van der Waals surface area contributed by atoms with Gasteiger partial charge in [-0.2, -0.15) is 5.10 Å². The van der Waals surface area contributed by atoms with Gasteiger partial charge in [-0.15, -0.1) is 6.58 Å². The van der Waals surface area contributed by atoms with Crippen molar-refractivity contribution in [2.45, 2.75) is 32.1 Å². The second kappa shape index (κ2) is 13.4. The predicted molar refractivity (Wildman–Crippen MR) is 172 cm³/mol. The van der Waals surface area contributed by atoms with Gasteiger partial charge in [0, 0.05) is 24.9 Å². The van der Waals surface area contributed by atoms with Crippen molar-refractivity contribution >= 4 is 34.7 Å². The molecule has 0 spiro atoms. The van der Waals surface area contributed by atoms with E-state index in [9.17, 15) is 24.6 Å². The molecule has 3 aromatic carbocycles. The smallest absolute Gasteiger partial charge is 0.271 e. The Hall–Kier alpha value is -5.26. The van der Waals surface area contributed by atoms with Gasteiger partial charge < -0.3 is 15.1 Å². The van der Waals surface area contributed by atoms with Crippen LogP contribution in [-0.2, 0) is 33.9 Å². The van der Waals surface area contributed by atoms with E-state index in [1.54, 1.807) is 50.1 Å². The molecular formula is C35H36N6O5. The van der Waals surface area contributed by atoms with Gasteiger partial charge in [-0.3, -0.25) is 24.0 Å². The van der Waals surface area contributed by atoms with Crippen molar-refractivity contribution in [3.05, 3.63) is 114 Å². The Kier molecular flexibility index (Phi) is 8.95. The molecule has 236 valence electrons. The maximum Gasteiger partial charge on any atom is 0.271 e. The van der Waals surface area contributed by atoms with E-state index in [1.807, 2.05) is 48.5 Å². The number of piperazine rings is 1. The largest absolute Gasteiger partial charge is 0.508 e. The van der Waals surface area contributed by atoms with Gasteiger partial charge in [0.05, 0.1) is 38.0 Å². The van der Waals surface area contributed by atoms with Crippen molar-refractivity contribution in [2.75, 3.05) is 26.2 Å². The quantitative estimate of drug-likeness (QED) is 0.206. The molecule has 11 heteroatoms.